The van der Waals surface area contributed by atoms with Gasteiger partial charge >= 0.3 is 0 Å². The Bertz CT molecular complexity index is 333. The maximum Gasteiger partial charge on any atom is 0.266 e. The van der Waals surface area contributed by atoms with E-state index in [-0.39, 0.29) is 16.7 Å². The van der Waals surface area contributed by atoms with Crippen LogP contribution in [0.25, 0.3) is 0 Å². The highest BCUT2D eigenvalue weighted by Gasteiger charge is 2.18. The molecular formula is C8H7BrF3NO. The fraction of sp³-hybridized carbons (Fsp3) is 0.375. The van der Waals surface area contributed by atoms with E-state index in [0.717, 1.165) is 6.07 Å². The molecule has 0 fully saturated rings. The highest BCUT2D eigenvalue weighted by atomic mass is 79.9. The van der Waals surface area contributed by atoms with Crippen LogP contribution >= 0.6 is 15.9 Å². The van der Waals surface area contributed by atoms with Crippen LogP contribution in [0.1, 0.15) is 23.4 Å². The predicted molar refractivity (Wildman–Crippen MR) is 47.7 cm³/mol. The average Bonchev–Trinajstić information content (AvgIpc) is 2.17. The van der Waals surface area contributed by atoms with Crippen molar-refractivity contribution >= 4 is 15.9 Å². The topological polar surface area (TPSA) is 33.1 Å². The number of halogens is 4. The van der Waals surface area contributed by atoms with Crippen molar-refractivity contribution in [1.82, 2.24) is 4.98 Å². The van der Waals surface area contributed by atoms with Crippen molar-refractivity contribution in [1.29, 1.82) is 0 Å². The molecule has 1 N–H and O–H groups in total. The van der Waals surface area contributed by atoms with Gasteiger partial charge in [-0.2, -0.15) is 0 Å². The van der Waals surface area contributed by atoms with Crippen molar-refractivity contribution in [2.45, 2.75) is 18.4 Å². The summed E-state index contributed by atoms with van der Waals surface area (Å²) in [5.74, 6) is -1.02. The Balaban J connectivity index is 3.27. The molecule has 0 saturated carbocycles. The minimum Gasteiger partial charge on any atom is -0.390 e. The Kier molecular flexibility index (Phi) is 3.88. The highest BCUT2D eigenvalue weighted by molar-refractivity contribution is 9.08. The van der Waals surface area contributed by atoms with E-state index in [1.165, 1.54) is 0 Å². The summed E-state index contributed by atoms with van der Waals surface area (Å²) in [6, 6.07) is 0.867. The quantitative estimate of drug-likeness (QED) is 0.856. The Morgan fingerprint density at radius 3 is 2.57 bits per heavy atom. The van der Waals surface area contributed by atoms with Gasteiger partial charge in [0, 0.05) is 5.33 Å². The number of hydrogen-bond acceptors (Lipinski definition) is 2. The second kappa shape index (κ2) is 4.75. The highest BCUT2D eigenvalue weighted by Crippen LogP contribution is 2.25. The van der Waals surface area contributed by atoms with Gasteiger partial charge in [0.05, 0.1) is 23.6 Å². The molecule has 0 aliphatic heterocycles. The van der Waals surface area contributed by atoms with Gasteiger partial charge in [-0.1, -0.05) is 15.9 Å². The van der Waals surface area contributed by atoms with E-state index in [1.807, 2.05) is 0 Å². The van der Waals surface area contributed by atoms with Crippen LogP contribution < -0.4 is 0 Å². The zero-order valence-corrected chi connectivity index (χ0v) is 8.56. The first-order chi connectivity index (χ1) is 6.60. The number of aliphatic hydroxyl groups excluding tert-OH is 1. The number of aliphatic hydroxyl groups is 1. The summed E-state index contributed by atoms with van der Waals surface area (Å²) in [4.78, 5) is 3.65. The fourth-order valence-electron chi connectivity index (χ4n) is 0.993. The van der Waals surface area contributed by atoms with E-state index in [9.17, 15) is 13.2 Å². The lowest BCUT2D eigenvalue weighted by atomic mass is 10.2. The van der Waals surface area contributed by atoms with Crippen LogP contribution in [0.2, 0.25) is 0 Å². The molecule has 1 heterocycles. The van der Waals surface area contributed by atoms with Gasteiger partial charge in [0.2, 0.25) is 0 Å². The molecule has 1 rings (SSSR count). The number of pyridine rings is 1. The van der Waals surface area contributed by atoms with Crippen LogP contribution in [-0.2, 0) is 11.9 Å². The smallest absolute Gasteiger partial charge is 0.266 e. The summed E-state index contributed by atoms with van der Waals surface area (Å²) >= 11 is 2.93. The molecule has 2 nitrogen and oxygen atoms in total. The number of alkyl halides is 3. The van der Waals surface area contributed by atoms with E-state index in [1.54, 1.807) is 0 Å². The zero-order chi connectivity index (χ0) is 10.7. The van der Waals surface area contributed by atoms with Gasteiger partial charge in [-0.05, 0) is 6.07 Å². The maximum atomic E-state index is 13.2. The van der Waals surface area contributed by atoms with Gasteiger partial charge in [0.1, 0.15) is 0 Å². The lowest BCUT2D eigenvalue weighted by molar-refractivity contribution is 0.145. The summed E-state index contributed by atoms with van der Waals surface area (Å²) < 4.78 is 37.8. The van der Waals surface area contributed by atoms with Crippen molar-refractivity contribution < 1.29 is 18.3 Å². The van der Waals surface area contributed by atoms with E-state index in [0.29, 0.717) is 0 Å². The summed E-state index contributed by atoms with van der Waals surface area (Å²) in [5.41, 5.74) is -0.804. The second-order valence-electron chi connectivity index (χ2n) is 2.56. The van der Waals surface area contributed by atoms with Crippen LogP contribution in [0.4, 0.5) is 13.2 Å². The molecule has 6 heteroatoms. The Hall–Kier alpha value is -0.620. The number of rotatable bonds is 3. The molecule has 0 aromatic carbocycles. The molecule has 0 atom stereocenters. The standard InChI is InChI=1S/C8H7BrF3NO/c9-2-6-7(10)5(8(11)12)1-4(3-14)13-6/h1,8,14H,2-3H2. The van der Waals surface area contributed by atoms with Gasteiger partial charge in [-0.25, -0.2) is 13.2 Å². The first-order valence-corrected chi connectivity index (χ1v) is 4.85. The van der Waals surface area contributed by atoms with Crippen molar-refractivity contribution in [2.24, 2.45) is 0 Å². The third-order valence-corrected chi connectivity index (χ3v) is 2.16. The number of hydrogen-bond donors (Lipinski definition) is 1. The monoisotopic (exact) mass is 269 g/mol. The first-order valence-electron chi connectivity index (χ1n) is 3.73. The molecular weight excluding hydrogens is 263 g/mol. The lowest BCUT2D eigenvalue weighted by Gasteiger charge is -2.07. The zero-order valence-electron chi connectivity index (χ0n) is 6.98. The minimum absolute atomic E-state index is 0.0341. The molecule has 1 aromatic rings. The van der Waals surface area contributed by atoms with Crippen LogP contribution in [-0.4, -0.2) is 10.1 Å². The van der Waals surface area contributed by atoms with Crippen LogP contribution in [0.5, 0.6) is 0 Å². The molecule has 1 aromatic heterocycles. The molecule has 0 radical (unpaired) electrons. The lowest BCUT2D eigenvalue weighted by Crippen LogP contribution is -2.03. The maximum absolute atomic E-state index is 13.2. The van der Waals surface area contributed by atoms with Gasteiger partial charge in [0.25, 0.3) is 6.43 Å². The third-order valence-electron chi connectivity index (χ3n) is 1.63. The Morgan fingerprint density at radius 1 is 1.50 bits per heavy atom. The third kappa shape index (κ3) is 2.24. The normalized spacial score (nSPS) is 11.0. The van der Waals surface area contributed by atoms with Crippen molar-refractivity contribution in [3.8, 4) is 0 Å². The van der Waals surface area contributed by atoms with E-state index < -0.39 is 24.4 Å². The molecule has 0 spiro atoms. The van der Waals surface area contributed by atoms with Crippen molar-refractivity contribution in [3.63, 3.8) is 0 Å². The SMILES string of the molecule is OCc1cc(C(F)F)c(F)c(CBr)n1. The van der Waals surface area contributed by atoms with E-state index in [4.69, 9.17) is 5.11 Å². The number of aromatic nitrogens is 1. The molecule has 78 valence electrons. The molecule has 0 amide bonds. The summed E-state index contributed by atoms with van der Waals surface area (Å²) in [6.45, 7) is -0.486. The Labute approximate surface area is 86.9 Å². The van der Waals surface area contributed by atoms with Gasteiger partial charge < -0.3 is 5.11 Å². The van der Waals surface area contributed by atoms with E-state index >= 15 is 0 Å². The van der Waals surface area contributed by atoms with E-state index in [2.05, 4.69) is 20.9 Å². The summed E-state index contributed by atoms with van der Waals surface area (Å²) in [5, 5.41) is 8.74. The fourth-order valence-corrected chi connectivity index (χ4v) is 1.36. The molecule has 0 aliphatic carbocycles. The van der Waals surface area contributed by atoms with Crippen molar-refractivity contribution in [3.05, 3.63) is 28.8 Å². The predicted octanol–water partition coefficient (Wildman–Crippen LogP) is 2.55. The average molecular weight is 270 g/mol. The van der Waals surface area contributed by atoms with Crippen LogP contribution in [0.3, 0.4) is 0 Å². The summed E-state index contributed by atoms with van der Waals surface area (Å²) in [6.07, 6.45) is -2.90. The summed E-state index contributed by atoms with van der Waals surface area (Å²) in [7, 11) is 0. The second-order valence-corrected chi connectivity index (χ2v) is 3.12. The molecule has 0 saturated heterocycles. The van der Waals surface area contributed by atoms with Gasteiger partial charge in [-0.15, -0.1) is 0 Å². The van der Waals surface area contributed by atoms with Crippen LogP contribution in [0.15, 0.2) is 6.07 Å². The molecule has 0 unspecified atom stereocenters. The Morgan fingerprint density at radius 2 is 2.14 bits per heavy atom. The number of nitrogens with zero attached hydrogens (tertiary/aromatic N) is 1. The molecule has 14 heavy (non-hydrogen) atoms. The first kappa shape index (κ1) is 11.5. The van der Waals surface area contributed by atoms with Gasteiger partial charge in [-0.3, -0.25) is 4.98 Å². The largest absolute Gasteiger partial charge is 0.390 e. The van der Waals surface area contributed by atoms with Crippen molar-refractivity contribution in [2.75, 3.05) is 0 Å². The molecule has 0 bridgehead atoms. The molecule has 0 aliphatic rings. The minimum atomic E-state index is -2.90. The van der Waals surface area contributed by atoms with Gasteiger partial charge in [0.15, 0.2) is 5.82 Å². The van der Waals surface area contributed by atoms with Crippen LogP contribution in [0, 0.1) is 5.82 Å².